The summed E-state index contributed by atoms with van der Waals surface area (Å²) in [5.41, 5.74) is 18.7. The molecule has 0 radical (unpaired) electrons. The Labute approximate surface area is 345 Å². The first kappa shape index (κ1) is 35.7. The summed E-state index contributed by atoms with van der Waals surface area (Å²) in [5, 5.41) is 2.65. The molecule has 1 aliphatic carbocycles. The molecule has 58 heavy (non-hydrogen) atoms. The van der Waals surface area contributed by atoms with Crippen LogP contribution in [-0.2, 0) is 0 Å². The zero-order valence-corrected chi connectivity index (χ0v) is 33.6. The van der Waals surface area contributed by atoms with Crippen LogP contribution in [0.4, 0.5) is 17.1 Å². The highest BCUT2D eigenvalue weighted by molar-refractivity contribution is 7.26. The van der Waals surface area contributed by atoms with Crippen molar-refractivity contribution in [2.24, 2.45) is 0 Å². The van der Waals surface area contributed by atoms with E-state index in [9.17, 15) is 0 Å². The van der Waals surface area contributed by atoms with Crippen LogP contribution in [-0.4, -0.2) is 0 Å². The summed E-state index contributed by atoms with van der Waals surface area (Å²) in [6, 6.07) is 69.0. The fourth-order valence-electron chi connectivity index (χ4n) is 8.57. The Morgan fingerprint density at radius 1 is 0.431 bits per heavy atom. The van der Waals surface area contributed by atoms with E-state index >= 15 is 0 Å². The van der Waals surface area contributed by atoms with Gasteiger partial charge in [0, 0.05) is 37.2 Å². The maximum atomic E-state index is 2.38. The summed E-state index contributed by atoms with van der Waals surface area (Å²) < 4.78 is 2.66. The average Bonchev–Trinajstić information content (AvgIpc) is 3.67. The Hall–Kier alpha value is -6.74. The van der Waals surface area contributed by atoms with E-state index in [0.717, 1.165) is 29.9 Å². The Morgan fingerprint density at radius 2 is 1.02 bits per heavy atom. The van der Waals surface area contributed by atoms with Crippen molar-refractivity contribution < 1.29 is 0 Å². The maximum Gasteiger partial charge on any atom is 0.0462 e. The minimum Gasteiger partial charge on any atom is -0.311 e. The molecule has 0 amide bonds. The number of rotatable bonds is 8. The molecule has 0 aliphatic heterocycles. The third-order valence-electron chi connectivity index (χ3n) is 11.7. The Kier molecular flexibility index (Phi) is 9.41. The largest absolute Gasteiger partial charge is 0.311 e. The summed E-state index contributed by atoms with van der Waals surface area (Å²) in [5.74, 6) is 0. The van der Waals surface area contributed by atoms with E-state index in [0.29, 0.717) is 0 Å². The smallest absolute Gasteiger partial charge is 0.0462 e. The van der Waals surface area contributed by atoms with E-state index in [1.165, 1.54) is 87.0 Å². The molecule has 10 rings (SSSR count). The van der Waals surface area contributed by atoms with E-state index in [-0.39, 0.29) is 0 Å². The van der Waals surface area contributed by atoms with Crippen LogP contribution in [0.3, 0.4) is 0 Å². The van der Waals surface area contributed by atoms with Gasteiger partial charge < -0.3 is 4.90 Å². The van der Waals surface area contributed by atoms with Crippen molar-refractivity contribution in [2.45, 2.75) is 26.7 Å². The van der Waals surface area contributed by atoms with Crippen molar-refractivity contribution in [3.63, 3.8) is 0 Å². The summed E-state index contributed by atoms with van der Waals surface area (Å²) in [4.78, 5) is 2.38. The van der Waals surface area contributed by atoms with Gasteiger partial charge in [0.05, 0.1) is 0 Å². The lowest BCUT2D eigenvalue weighted by atomic mass is 9.90. The second-order valence-electron chi connectivity index (χ2n) is 15.3. The average molecular weight is 762 g/mol. The fraction of sp³-hybridized carbons (Fsp3) is 0.0714. The number of thiophene rings is 1. The van der Waals surface area contributed by atoms with Crippen LogP contribution in [0, 0.1) is 13.8 Å². The molecule has 9 aromatic rings. The van der Waals surface area contributed by atoms with Crippen molar-refractivity contribution in [3.05, 3.63) is 222 Å². The lowest BCUT2D eigenvalue weighted by molar-refractivity contribution is 1.06. The number of benzene rings is 8. The van der Waals surface area contributed by atoms with Gasteiger partial charge in [-0.15, -0.1) is 11.3 Å². The van der Waals surface area contributed by atoms with Gasteiger partial charge in [-0.3, -0.25) is 0 Å². The third kappa shape index (κ3) is 6.76. The topological polar surface area (TPSA) is 3.24 Å². The number of fused-ring (bicyclic) bond motifs is 3. The molecule has 0 saturated carbocycles. The van der Waals surface area contributed by atoms with Crippen molar-refractivity contribution in [1.82, 2.24) is 0 Å². The Balaban J connectivity index is 1.02. The molecule has 0 fully saturated rings. The van der Waals surface area contributed by atoms with Crippen LogP contribution >= 0.6 is 11.3 Å². The van der Waals surface area contributed by atoms with E-state index < -0.39 is 0 Å². The molecular weight excluding hydrogens is 719 g/mol. The monoisotopic (exact) mass is 761 g/mol. The zero-order chi connectivity index (χ0) is 39.0. The van der Waals surface area contributed by atoms with Gasteiger partial charge in [0.15, 0.2) is 0 Å². The molecule has 0 atom stereocenters. The predicted molar refractivity (Wildman–Crippen MR) is 251 cm³/mol. The van der Waals surface area contributed by atoms with Crippen molar-refractivity contribution in [2.75, 3.05) is 4.90 Å². The van der Waals surface area contributed by atoms with Gasteiger partial charge in [0.2, 0.25) is 0 Å². The van der Waals surface area contributed by atoms with Gasteiger partial charge in [-0.2, -0.15) is 0 Å². The number of anilines is 3. The second kappa shape index (κ2) is 15.3. The van der Waals surface area contributed by atoms with Crippen LogP contribution in [0.25, 0.3) is 64.7 Å². The highest BCUT2D eigenvalue weighted by Crippen LogP contribution is 2.42. The van der Waals surface area contributed by atoms with Gasteiger partial charge in [0.1, 0.15) is 0 Å². The minimum atomic E-state index is 1.04. The van der Waals surface area contributed by atoms with Gasteiger partial charge in [0.25, 0.3) is 0 Å². The molecule has 0 N–H and O–H groups in total. The predicted octanol–water partition coefficient (Wildman–Crippen LogP) is 16.4. The van der Waals surface area contributed by atoms with Crippen LogP contribution in [0.1, 0.15) is 35.1 Å². The Bertz CT molecular complexity index is 2980. The van der Waals surface area contributed by atoms with Crippen LogP contribution in [0.5, 0.6) is 0 Å². The third-order valence-corrected chi connectivity index (χ3v) is 12.9. The number of hydrogen-bond acceptors (Lipinski definition) is 2. The fourth-order valence-corrected chi connectivity index (χ4v) is 9.81. The van der Waals surface area contributed by atoms with Crippen molar-refractivity contribution >= 4 is 59.7 Å². The van der Waals surface area contributed by atoms with Crippen LogP contribution in [0.15, 0.2) is 200 Å². The molecule has 2 heteroatoms. The van der Waals surface area contributed by atoms with E-state index in [1.54, 1.807) is 0 Å². The molecule has 278 valence electrons. The summed E-state index contributed by atoms with van der Waals surface area (Å²) >= 11 is 1.88. The molecule has 0 spiro atoms. The number of hydrogen-bond donors (Lipinski definition) is 0. The molecule has 1 aliphatic rings. The molecule has 0 saturated heterocycles. The number of nitrogens with zero attached hydrogens (tertiary/aromatic N) is 1. The van der Waals surface area contributed by atoms with Gasteiger partial charge in [-0.1, -0.05) is 152 Å². The van der Waals surface area contributed by atoms with E-state index in [2.05, 4.69) is 219 Å². The highest BCUT2D eigenvalue weighted by Gasteiger charge is 2.17. The first-order chi connectivity index (χ1) is 28.6. The molecular formula is C56H43NS. The first-order valence-electron chi connectivity index (χ1n) is 20.2. The second-order valence-corrected chi connectivity index (χ2v) is 16.4. The normalized spacial score (nSPS) is 12.7. The van der Waals surface area contributed by atoms with Crippen molar-refractivity contribution in [3.8, 4) is 33.4 Å². The molecule has 0 bridgehead atoms. The van der Waals surface area contributed by atoms with Crippen LogP contribution < -0.4 is 4.90 Å². The quantitative estimate of drug-likeness (QED) is 0.149. The standard InChI is InChI=1S/C56H43NS/c1-38-12-6-7-17-50(38)54-37-46(23-22-39(54)2)42-26-32-48(33-27-42)57(47-30-24-41(25-31-47)45-16-10-15-44(36-45)40-13-4-3-5-14-40)49-34-28-43(29-35-49)51-19-11-20-53-52-18-8-9-21-55(52)58-56(51)53/h3-9,11-15,17-37H,10,16H2,1-2H3. The zero-order valence-electron chi connectivity index (χ0n) is 32.8. The summed E-state index contributed by atoms with van der Waals surface area (Å²) in [7, 11) is 0. The highest BCUT2D eigenvalue weighted by atomic mass is 32.1. The molecule has 8 aromatic carbocycles. The maximum absolute atomic E-state index is 2.38. The first-order valence-corrected chi connectivity index (χ1v) is 21.0. The minimum absolute atomic E-state index is 1.04. The van der Waals surface area contributed by atoms with E-state index in [1.807, 2.05) is 11.3 Å². The summed E-state index contributed by atoms with van der Waals surface area (Å²) in [6.07, 6.45) is 6.82. The molecule has 1 nitrogen and oxygen atoms in total. The molecule has 1 aromatic heterocycles. The van der Waals surface area contributed by atoms with E-state index in [4.69, 9.17) is 0 Å². The lowest BCUT2D eigenvalue weighted by Gasteiger charge is -2.26. The lowest BCUT2D eigenvalue weighted by Crippen LogP contribution is -2.10. The molecule has 1 heterocycles. The number of aryl methyl sites for hydroxylation is 2. The van der Waals surface area contributed by atoms with Gasteiger partial charge in [-0.05, 0) is 142 Å². The summed E-state index contributed by atoms with van der Waals surface area (Å²) in [6.45, 7) is 4.40. The van der Waals surface area contributed by atoms with Crippen molar-refractivity contribution in [1.29, 1.82) is 0 Å². The van der Waals surface area contributed by atoms with Gasteiger partial charge in [-0.25, -0.2) is 0 Å². The SMILES string of the molecule is Cc1ccccc1-c1cc(-c2ccc(N(c3ccc(C4=CC(c5ccccc5)=CCC4)cc3)c3ccc(-c4cccc5c4sc4ccccc45)cc3)cc2)ccc1C. The van der Waals surface area contributed by atoms with Crippen LogP contribution in [0.2, 0.25) is 0 Å². The number of allylic oxidation sites excluding steroid dienone is 4. The van der Waals surface area contributed by atoms with Gasteiger partial charge >= 0.3 is 0 Å². The Morgan fingerprint density at radius 3 is 1.76 bits per heavy atom. The molecule has 0 unspecified atom stereocenters.